The summed E-state index contributed by atoms with van der Waals surface area (Å²) >= 11 is 1.65. The lowest BCUT2D eigenvalue weighted by atomic mass is 9.69. The van der Waals surface area contributed by atoms with E-state index in [9.17, 15) is 9.59 Å². The minimum Gasteiger partial charge on any atom is -0.493 e. The second-order valence-electron chi connectivity index (χ2n) is 8.74. The normalized spacial score (nSPS) is 21.8. The van der Waals surface area contributed by atoms with Crippen molar-refractivity contribution in [3.63, 3.8) is 0 Å². The molecule has 7 heteroatoms. The maximum Gasteiger partial charge on any atom is 0.315 e. The quantitative estimate of drug-likeness (QED) is 0.371. The highest BCUT2D eigenvalue weighted by Crippen LogP contribution is 2.47. The number of Topliss-reactive ketones (excluding diaryl/α,β-unsaturated/α-hetero) is 1. The second-order valence-corrected chi connectivity index (χ2v) is 9.62. The Balaban J connectivity index is 1.77. The summed E-state index contributed by atoms with van der Waals surface area (Å²) in [7, 11) is 3.20. The number of ketones is 1. The van der Waals surface area contributed by atoms with Crippen LogP contribution in [0.1, 0.15) is 49.7 Å². The van der Waals surface area contributed by atoms with Gasteiger partial charge in [-0.05, 0) is 67.8 Å². The Morgan fingerprint density at radius 1 is 1.03 bits per heavy atom. The zero-order chi connectivity index (χ0) is 25.1. The minimum atomic E-state index is -0.615. The monoisotopic (exact) mass is 493 g/mol. The van der Waals surface area contributed by atoms with Crippen molar-refractivity contribution in [3.8, 4) is 11.5 Å². The molecule has 2 aromatic rings. The van der Waals surface area contributed by atoms with Crippen molar-refractivity contribution in [1.82, 2.24) is 0 Å². The Kier molecular flexibility index (Phi) is 7.65. The molecule has 0 N–H and O–H groups in total. The molecule has 0 saturated heterocycles. The lowest BCUT2D eigenvalue weighted by molar-refractivity contribution is -0.146. The highest BCUT2D eigenvalue weighted by molar-refractivity contribution is 7.98. The van der Waals surface area contributed by atoms with Crippen molar-refractivity contribution in [2.24, 2.45) is 10.9 Å². The highest BCUT2D eigenvalue weighted by atomic mass is 32.2. The molecule has 0 radical (unpaired) electrons. The maximum absolute atomic E-state index is 13.7. The molecule has 0 aromatic heterocycles. The fourth-order valence-electron chi connectivity index (χ4n) is 5.11. The molecule has 1 unspecified atom stereocenters. The Labute approximate surface area is 210 Å². The van der Waals surface area contributed by atoms with Crippen molar-refractivity contribution >= 4 is 29.2 Å². The Morgan fingerprint density at radius 2 is 1.71 bits per heavy atom. The van der Waals surface area contributed by atoms with Gasteiger partial charge in [-0.1, -0.05) is 18.2 Å². The van der Waals surface area contributed by atoms with Gasteiger partial charge < -0.3 is 14.2 Å². The van der Waals surface area contributed by atoms with Crippen LogP contribution in [0.2, 0.25) is 0 Å². The Hall–Kier alpha value is -3.06. The van der Waals surface area contributed by atoms with E-state index in [2.05, 4.69) is 0 Å². The maximum atomic E-state index is 13.7. The first-order valence-electron chi connectivity index (χ1n) is 11.8. The van der Waals surface area contributed by atoms with Crippen LogP contribution in [0.4, 0.5) is 0 Å². The van der Waals surface area contributed by atoms with E-state index in [1.165, 1.54) is 0 Å². The van der Waals surface area contributed by atoms with E-state index in [4.69, 9.17) is 19.2 Å². The first kappa shape index (κ1) is 25.0. The van der Waals surface area contributed by atoms with Gasteiger partial charge in [0.15, 0.2) is 17.3 Å². The number of aliphatic imine (C=N–C) groups is 1. The van der Waals surface area contributed by atoms with E-state index in [0.717, 1.165) is 21.7 Å². The van der Waals surface area contributed by atoms with Gasteiger partial charge in [0, 0.05) is 34.2 Å². The molecule has 0 fully saturated rings. The average Bonchev–Trinajstić information content (AvgIpc) is 2.87. The number of thioether (sulfide) groups is 1. The number of hydrogen-bond acceptors (Lipinski definition) is 7. The fraction of sp³-hybridized carbons (Fsp3) is 0.393. The average molecular weight is 494 g/mol. The van der Waals surface area contributed by atoms with Crippen molar-refractivity contribution in [2.45, 2.75) is 43.4 Å². The Bertz CT molecular complexity index is 1180. The molecule has 1 heterocycles. The van der Waals surface area contributed by atoms with Crippen molar-refractivity contribution in [2.75, 3.05) is 27.1 Å². The first-order valence-corrected chi connectivity index (χ1v) is 13.0. The SMILES string of the molecule is CCOC(=O)C1C(C)=NC2=C(C(=O)C[C@H](c3ccc(OC)c(OC)c3)C2)[C@@H]1c1ccc(SC)cc1. The number of hydrogen-bond donors (Lipinski definition) is 0. The van der Waals surface area contributed by atoms with Crippen LogP contribution in [0.3, 0.4) is 0 Å². The van der Waals surface area contributed by atoms with Gasteiger partial charge in [0.05, 0.1) is 20.8 Å². The number of ether oxygens (including phenoxy) is 3. The summed E-state index contributed by atoms with van der Waals surface area (Å²) in [4.78, 5) is 32.7. The predicted molar refractivity (Wildman–Crippen MR) is 138 cm³/mol. The van der Waals surface area contributed by atoms with E-state index < -0.39 is 11.8 Å². The lowest BCUT2D eigenvalue weighted by Gasteiger charge is -2.36. The third kappa shape index (κ3) is 4.87. The van der Waals surface area contributed by atoms with Crippen molar-refractivity contribution < 1.29 is 23.8 Å². The standard InChI is InChI=1S/C28H31NO5S/c1-6-34-28(31)25-16(2)29-21-13-19(18-9-12-23(32-3)24(15-18)33-4)14-22(30)27(21)26(25)17-7-10-20(35-5)11-8-17/h7-12,15,19,25-26H,6,13-14H2,1-5H3/t19-,25?,26-/m1/s1. The first-order chi connectivity index (χ1) is 16.9. The number of methoxy groups -OCH3 is 2. The number of benzene rings is 2. The molecule has 1 aliphatic carbocycles. The summed E-state index contributed by atoms with van der Waals surface area (Å²) < 4.78 is 16.3. The van der Waals surface area contributed by atoms with E-state index in [1.54, 1.807) is 32.9 Å². The zero-order valence-electron chi connectivity index (χ0n) is 20.8. The largest absolute Gasteiger partial charge is 0.493 e. The molecule has 0 bridgehead atoms. The van der Waals surface area contributed by atoms with Gasteiger partial charge in [-0.25, -0.2) is 0 Å². The Morgan fingerprint density at radius 3 is 2.34 bits per heavy atom. The summed E-state index contributed by atoms with van der Waals surface area (Å²) in [6.45, 7) is 3.93. The summed E-state index contributed by atoms with van der Waals surface area (Å²) in [5.74, 6) is -0.0851. The number of carbonyl (C=O) groups is 2. The van der Waals surface area contributed by atoms with Crippen LogP contribution in [-0.4, -0.2) is 44.5 Å². The summed E-state index contributed by atoms with van der Waals surface area (Å²) in [5, 5.41) is 0. The van der Waals surface area contributed by atoms with Gasteiger partial charge in [0.2, 0.25) is 0 Å². The smallest absolute Gasteiger partial charge is 0.315 e. The second kappa shape index (κ2) is 10.7. The molecule has 184 valence electrons. The summed E-state index contributed by atoms with van der Waals surface area (Å²) in [5.41, 5.74) is 4.02. The molecule has 4 rings (SSSR count). The number of allylic oxidation sites excluding steroid dienone is 2. The third-order valence-corrected chi connectivity index (χ3v) is 7.53. The van der Waals surface area contributed by atoms with Crippen molar-refractivity contribution in [1.29, 1.82) is 0 Å². The van der Waals surface area contributed by atoms with E-state index in [0.29, 0.717) is 35.6 Å². The highest BCUT2D eigenvalue weighted by Gasteiger charge is 2.44. The number of nitrogens with zero attached hydrogens (tertiary/aromatic N) is 1. The van der Waals surface area contributed by atoms with Gasteiger partial charge >= 0.3 is 5.97 Å². The molecule has 2 aromatic carbocycles. The van der Waals surface area contributed by atoms with Crippen molar-refractivity contribution in [3.05, 3.63) is 64.9 Å². The zero-order valence-corrected chi connectivity index (χ0v) is 21.6. The van der Waals surface area contributed by atoms with Crippen LogP contribution in [-0.2, 0) is 14.3 Å². The molecule has 35 heavy (non-hydrogen) atoms. The molecule has 0 saturated carbocycles. The van der Waals surface area contributed by atoms with E-state index in [-0.39, 0.29) is 24.3 Å². The third-order valence-electron chi connectivity index (χ3n) is 6.78. The van der Waals surface area contributed by atoms with Crippen LogP contribution in [0, 0.1) is 5.92 Å². The van der Waals surface area contributed by atoms with Crippen LogP contribution in [0.5, 0.6) is 11.5 Å². The summed E-state index contributed by atoms with van der Waals surface area (Å²) in [6, 6.07) is 13.9. The van der Waals surface area contributed by atoms with Crippen LogP contribution in [0.25, 0.3) is 0 Å². The van der Waals surface area contributed by atoms with Gasteiger partial charge in [-0.2, -0.15) is 0 Å². The van der Waals surface area contributed by atoms with Gasteiger partial charge in [0.25, 0.3) is 0 Å². The van der Waals surface area contributed by atoms with Crippen LogP contribution in [0.15, 0.2) is 63.6 Å². The summed E-state index contributed by atoms with van der Waals surface area (Å²) in [6.07, 6.45) is 2.98. The molecule has 3 atom stereocenters. The molecular weight excluding hydrogens is 462 g/mol. The predicted octanol–water partition coefficient (Wildman–Crippen LogP) is 5.56. The van der Waals surface area contributed by atoms with Gasteiger partial charge in [0.1, 0.15) is 5.92 Å². The number of esters is 1. The molecule has 0 amide bonds. The molecular formula is C28H31NO5S. The van der Waals surface area contributed by atoms with E-state index in [1.807, 2.05) is 55.6 Å². The number of rotatable bonds is 7. The van der Waals surface area contributed by atoms with Crippen LogP contribution >= 0.6 is 11.8 Å². The topological polar surface area (TPSA) is 74.2 Å². The fourth-order valence-corrected chi connectivity index (χ4v) is 5.52. The van der Waals surface area contributed by atoms with Gasteiger partial charge in [-0.3, -0.25) is 14.6 Å². The van der Waals surface area contributed by atoms with E-state index >= 15 is 0 Å². The minimum absolute atomic E-state index is 0.0236. The number of carbonyl (C=O) groups excluding carboxylic acids is 2. The molecule has 0 spiro atoms. The molecule has 2 aliphatic rings. The lowest BCUT2D eigenvalue weighted by Crippen LogP contribution is -2.38. The molecule has 6 nitrogen and oxygen atoms in total. The molecule has 1 aliphatic heterocycles. The van der Waals surface area contributed by atoms with Crippen LogP contribution < -0.4 is 9.47 Å². The van der Waals surface area contributed by atoms with Gasteiger partial charge in [-0.15, -0.1) is 11.8 Å².